The number of carbonyl (C=O) groups excluding carboxylic acids is 1. The van der Waals surface area contributed by atoms with Gasteiger partial charge in [0.2, 0.25) is 5.91 Å². The predicted octanol–water partition coefficient (Wildman–Crippen LogP) is 2.84. The number of benzene rings is 1. The molecule has 1 aliphatic heterocycles. The summed E-state index contributed by atoms with van der Waals surface area (Å²) < 4.78 is 11.2. The van der Waals surface area contributed by atoms with Crippen LogP contribution in [0.1, 0.15) is 26.7 Å². The lowest BCUT2D eigenvalue weighted by atomic mass is 10.2. The van der Waals surface area contributed by atoms with E-state index in [4.69, 9.17) is 9.47 Å². The fourth-order valence-corrected chi connectivity index (χ4v) is 1.92. The van der Waals surface area contributed by atoms with E-state index in [1.807, 2.05) is 38.1 Å². The van der Waals surface area contributed by atoms with Crippen LogP contribution in [0.2, 0.25) is 0 Å². The molecule has 1 aromatic carbocycles. The maximum Gasteiger partial charge on any atom is 0.226 e. The number of ether oxygens (including phenoxy) is 2. The molecule has 0 saturated carbocycles. The Balaban J connectivity index is 1.89. The lowest BCUT2D eigenvalue weighted by molar-refractivity contribution is -0.118. The zero-order valence-electron chi connectivity index (χ0n) is 11.5. The molecule has 19 heavy (non-hydrogen) atoms. The van der Waals surface area contributed by atoms with Crippen LogP contribution < -0.4 is 10.1 Å². The van der Waals surface area contributed by atoms with Crippen molar-refractivity contribution >= 4 is 11.6 Å². The molecule has 0 aliphatic carbocycles. The number of anilines is 1. The lowest BCUT2D eigenvalue weighted by Crippen LogP contribution is -2.18. The normalized spacial score (nSPS) is 18.6. The smallest absolute Gasteiger partial charge is 0.226 e. The van der Waals surface area contributed by atoms with Gasteiger partial charge >= 0.3 is 0 Å². The van der Waals surface area contributed by atoms with E-state index in [9.17, 15) is 4.79 Å². The molecule has 1 N–H and O–H groups in total. The second-order valence-electron chi connectivity index (χ2n) is 5.12. The van der Waals surface area contributed by atoms with Gasteiger partial charge in [-0.3, -0.25) is 4.79 Å². The van der Waals surface area contributed by atoms with Gasteiger partial charge in [-0.1, -0.05) is 19.9 Å². The molecule has 1 atom stereocenters. The molecule has 1 aromatic rings. The van der Waals surface area contributed by atoms with Gasteiger partial charge in [-0.2, -0.15) is 0 Å². The molecule has 0 spiro atoms. The number of amides is 1. The van der Waals surface area contributed by atoms with Gasteiger partial charge in [-0.05, 0) is 25.0 Å². The summed E-state index contributed by atoms with van der Waals surface area (Å²) in [6, 6.07) is 7.47. The highest BCUT2D eigenvalue weighted by Crippen LogP contribution is 2.20. The molecular weight excluding hydrogens is 242 g/mol. The van der Waals surface area contributed by atoms with Gasteiger partial charge in [-0.25, -0.2) is 0 Å². The van der Waals surface area contributed by atoms with Crippen molar-refractivity contribution in [1.29, 1.82) is 0 Å². The SMILES string of the molecule is CC(C)C(=O)Nc1cccc(OC[C@H]2CCCO2)c1. The van der Waals surface area contributed by atoms with Crippen molar-refractivity contribution < 1.29 is 14.3 Å². The Morgan fingerprint density at radius 1 is 1.53 bits per heavy atom. The van der Waals surface area contributed by atoms with Crippen LogP contribution in [0.4, 0.5) is 5.69 Å². The summed E-state index contributed by atoms with van der Waals surface area (Å²) in [6.07, 6.45) is 2.37. The topological polar surface area (TPSA) is 47.6 Å². The lowest BCUT2D eigenvalue weighted by Gasteiger charge is -2.13. The van der Waals surface area contributed by atoms with Crippen LogP contribution in [0, 0.1) is 5.92 Å². The van der Waals surface area contributed by atoms with Crippen LogP contribution in [-0.4, -0.2) is 25.2 Å². The van der Waals surface area contributed by atoms with Crippen LogP contribution in [-0.2, 0) is 9.53 Å². The zero-order valence-corrected chi connectivity index (χ0v) is 11.5. The minimum atomic E-state index is -0.0311. The van der Waals surface area contributed by atoms with E-state index in [2.05, 4.69) is 5.32 Å². The minimum Gasteiger partial charge on any atom is -0.491 e. The van der Waals surface area contributed by atoms with E-state index in [1.165, 1.54) is 0 Å². The van der Waals surface area contributed by atoms with Gasteiger partial charge in [-0.15, -0.1) is 0 Å². The van der Waals surface area contributed by atoms with Crippen LogP contribution >= 0.6 is 0 Å². The van der Waals surface area contributed by atoms with Crippen LogP contribution in [0.25, 0.3) is 0 Å². The first-order chi connectivity index (χ1) is 9.15. The molecule has 0 bridgehead atoms. The highest BCUT2D eigenvalue weighted by molar-refractivity contribution is 5.92. The maximum absolute atomic E-state index is 11.6. The van der Waals surface area contributed by atoms with E-state index >= 15 is 0 Å². The molecular formula is C15H21NO3. The van der Waals surface area contributed by atoms with Gasteiger partial charge in [0.1, 0.15) is 12.4 Å². The number of carbonyl (C=O) groups is 1. The fourth-order valence-electron chi connectivity index (χ4n) is 1.92. The summed E-state index contributed by atoms with van der Waals surface area (Å²) in [5.41, 5.74) is 0.767. The summed E-state index contributed by atoms with van der Waals surface area (Å²) in [4.78, 5) is 11.6. The third kappa shape index (κ3) is 4.24. The Morgan fingerprint density at radius 3 is 3.05 bits per heavy atom. The second-order valence-corrected chi connectivity index (χ2v) is 5.12. The third-order valence-corrected chi connectivity index (χ3v) is 3.09. The Kier molecular flexibility index (Phi) is 4.80. The molecule has 1 aliphatic rings. The van der Waals surface area contributed by atoms with Gasteiger partial charge in [0, 0.05) is 24.3 Å². The number of nitrogens with one attached hydrogen (secondary N) is 1. The molecule has 104 valence electrons. The number of hydrogen-bond acceptors (Lipinski definition) is 3. The van der Waals surface area contributed by atoms with E-state index in [0.29, 0.717) is 6.61 Å². The minimum absolute atomic E-state index is 0.0104. The Labute approximate surface area is 114 Å². The molecule has 0 unspecified atom stereocenters. The van der Waals surface area contributed by atoms with Crippen molar-refractivity contribution in [2.45, 2.75) is 32.8 Å². The highest BCUT2D eigenvalue weighted by Gasteiger charge is 2.16. The molecule has 0 radical (unpaired) electrons. The molecule has 1 heterocycles. The van der Waals surface area contributed by atoms with Crippen molar-refractivity contribution in [2.24, 2.45) is 5.92 Å². The van der Waals surface area contributed by atoms with Crippen molar-refractivity contribution in [3.8, 4) is 5.75 Å². The van der Waals surface area contributed by atoms with Gasteiger partial charge in [0.05, 0.1) is 6.10 Å². The summed E-state index contributed by atoms with van der Waals surface area (Å²) in [5.74, 6) is 0.741. The largest absolute Gasteiger partial charge is 0.491 e. The van der Waals surface area contributed by atoms with E-state index < -0.39 is 0 Å². The first-order valence-electron chi connectivity index (χ1n) is 6.80. The highest BCUT2D eigenvalue weighted by atomic mass is 16.5. The Hall–Kier alpha value is -1.55. The molecule has 1 saturated heterocycles. The molecule has 1 amide bonds. The Morgan fingerprint density at radius 2 is 2.37 bits per heavy atom. The van der Waals surface area contributed by atoms with Crippen LogP contribution in [0.5, 0.6) is 5.75 Å². The van der Waals surface area contributed by atoms with Crippen LogP contribution in [0.3, 0.4) is 0 Å². The standard InChI is InChI=1S/C15H21NO3/c1-11(2)15(17)16-12-5-3-6-13(9-12)19-10-14-7-4-8-18-14/h3,5-6,9,11,14H,4,7-8,10H2,1-2H3,(H,16,17)/t14-/m1/s1. The molecule has 4 nitrogen and oxygen atoms in total. The average Bonchev–Trinajstić information content (AvgIpc) is 2.90. The van der Waals surface area contributed by atoms with E-state index in [1.54, 1.807) is 0 Å². The first-order valence-corrected chi connectivity index (χ1v) is 6.80. The number of hydrogen-bond donors (Lipinski definition) is 1. The second kappa shape index (κ2) is 6.57. The summed E-state index contributed by atoms with van der Waals surface area (Å²) >= 11 is 0. The van der Waals surface area contributed by atoms with Crippen molar-refractivity contribution in [1.82, 2.24) is 0 Å². The monoisotopic (exact) mass is 263 g/mol. The molecule has 2 rings (SSSR count). The summed E-state index contributed by atoms with van der Waals surface area (Å²) in [6.45, 7) is 5.14. The zero-order chi connectivity index (χ0) is 13.7. The predicted molar refractivity (Wildman–Crippen MR) is 74.4 cm³/mol. The first kappa shape index (κ1) is 13.9. The molecule has 1 fully saturated rings. The fraction of sp³-hybridized carbons (Fsp3) is 0.533. The maximum atomic E-state index is 11.6. The van der Waals surface area contributed by atoms with Crippen LogP contribution in [0.15, 0.2) is 24.3 Å². The summed E-state index contributed by atoms with van der Waals surface area (Å²) in [5, 5.41) is 2.86. The number of rotatable bonds is 5. The molecule has 4 heteroatoms. The van der Waals surface area contributed by atoms with Gasteiger partial charge in [0.15, 0.2) is 0 Å². The van der Waals surface area contributed by atoms with Crippen molar-refractivity contribution in [2.75, 3.05) is 18.5 Å². The van der Waals surface area contributed by atoms with Crippen molar-refractivity contribution in [3.05, 3.63) is 24.3 Å². The van der Waals surface area contributed by atoms with Gasteiger partial charge < -0.3 is 14.8 Å². The Bertz CT molecular complexity index is 425. The van der Waals surface area contributed by atoms with E-state index in [0.717, 1.165) is 30.9 Å². The quantitative estimate of drug-likeness (QED) is 0.888. The summed E-state index contributed by atoms with van der Waals surface area (Å²) in [7, 11) is 0. The van der Waals surface area contributed by atoms with E-state index in [-0.39, 0.29) is 17.9 Å². The molecule has 0 aromatic heterocycles. The third-order valence-electron chi connectivity index (χ3n) is 3.09. The average molecular weight is 263 g/mol. The van der Waals surface area contributed by atoms with Crippen molar-refractivity contribution in [3.63, 3.8) is 0 Å². The van der Waals surface area contributed by atoms with Gasteiger partial charge in [0.25, 0.3) is 0 Å².